The maximum absolute atomic E-state index is 3.09. The van der Waals surface area contributed by atoms with Crippen molar-refractivity contribution >= 4 is 11.8 Å². The highest BCUT2D eigenvalue weighted by Gasteiger charge is 2.23. The summed E-state index contributed by atoms with van der Waals surface area (Å²) < 4.78 is 0. The second-order valence-corrected chi connectivity index (χ2v) is 2.76. The lowest BCUT2D eigenvalue weighted by molar-refractivity contribution is 0.435. The highest BCUT2D eigenvalue weighted by molar-refractivity contribution is 8.02. The van der Waals surface area contributed by atoms with E-state index in [0.29, 0.717) is 5.50 Å². The molecule has 1 atom stereocenters. The van der Waals surface area contributed by atoms with Gasteiger partial charge < -0.3 is 4.90 Å². The standard InChI is InChI=1S/C4H7N3S/c1-2-8-4-6-5-3-7(1)4/h1-2,4-6H,3H2. The van der Waals surface area contributed by atoms with Crippen molar-refractivity contribution in [2.45, 2.75) is 5.50 Å². The fraction of sp³-hybridized carbons (Fsp3) is 0.500. The molecule has 2 rings (SSSR count). The van der Waals surface area contributed by atoms with Gasteiger partial charge in [-0.15, -0.1) is 0 Å². The molecule has 1 saturated heterocycles. The SMILES string of the molecule is C1=CN2CNNC2S1. The van der Waals surface area contributed by atoms with Crippen molar-refractivity contribution < 1.29 is 0 Å². The molecule has 0 saturated carbocycles. The van der Waals surface area contributed by atoms with Crippen molar-refractivity contribution in [3.63, 3.8) is 0 Å². The second-order valence-electron chi connectivity index (χ2n) is 1.77. The lowest BCUT2D eigenvalue weighted by Crippen LogP contribution is -2.28. The third kappa shape index (κ3) is 0.538. The van der Waals surface area contributed by atoms with Gasteiger partial charge in [0.05, 0.1) is 6.67 Å². The van der Waals surface area contributed by atoms with Crippen LogP contribution in [-0.2, 0) is 0 Å². The molecule has 0 spiro atoms. The Morgan fingerprint density at radius 2 is 2.75 bits per heavy atom. The summed E-state index contributed by atoms with van der Waals surface area (Å²) in [6.45, 7) is 0.925. The lowest BCUT2D eigenvalue weighted by Gasteiger charge is -2.10. The van der Waals surface area contributed by atoms with Crippen LogP contribution in [0.3, 0.4) is 0 Å². The molecule has 0 aromatic rings. The molecule has 0 radical (unpaired) electrons. The molecule has 2 aliphatic heterocycles. The van der Waals surface area contributed by atoms with Crippen LogP contribution >= 0.6 is 11.8 Å². The largest absolute Gasteiger partial charge is 0.338 e. The van der Waals surface area contributed by atoms with Crippen molar-refractivity contribution in [1.82, 2.24) is 15.8 Å². The summed E-state index contributed by atoms with van der Waals surface area (Å²) in [7, 11) is 0. The van der Waals surface area contributed by atoms with Crippen molar-refractivity contribution in [2.75, 3.05) is 6.67 Å². The zero-order chi connectivity index (χ0) is 5.40. The summed E-state index contributed by atoms with van der Waals surface area (Å²) in [5, 5.41) is 2.10. The zero-order valence-corrected chi connectivity index (χ0v) is 5.11. The average Bonchev–Trinajstić information content (AvgIpc) is 2.15. The molecule has 0 aliphatic carbocycles. The topological polar surface area (TPSA) is 27.3 Å². The first-order valence-corrected chi connectivity index (χ1v) is 3.47. The van der Waals surface area contributed by atoms with E-state index in [4.69, 9.17) is 0 Å². The second kappa shape index (κ2) is 1.65. The Balaban J connectivity index is 2.13. The molecule has 8 heavy (non-hydrogen) atoms. The van der Waals surface area contributed by atoms with Crippen molar-refractivity contribution in [2.24, 2.45) is 0 Å². The van der Waals surface area contributed by atoms with Crippen LogP contribution < -0.4 is 10.9 Å². The fourth-order valence-electron chi connectivity index (χ4n) is 0.821. The van der Waals surface area contributed by atoms with Crippen LogP contribution in [0.5, 0.6) is 0 Å². The van der Waals surface area contributed by atoms with Crippen LogP contribution in [0.4, 0.5) is 0 Å². The Morgan fingerprint density at radius 1 is 1.75 bits per heavy atom. The first kappa shape index (κ1) is 4.67. The predicted molar refractivity (Wildman–Crippen MR) is 33.5 cm³/mol. The van der Waals surface area contributed by atoms with Crippen LogP contribution in [0, 0.1) is 0 Å². The zero-order valence-electron chi connectivity index (χ0n) is 4.29. The van der Waals surface area contributed by atoms with E-state index in [1.54, 1.807) is 11.8 Å². The summed E-state index contributed by atoms with van der Waals surface area (Å²) in [6.07, 6.45) is 2.09. The van der Waals surface area contributed by atoms with Gasteiger partial charge in [0.2, 0.25) is 0 Å². The van der Waals surface area contributed by atoms with E-state index >= 15 is 0 Å². The maximum atomic E-state index is 3.09. The lowest BCUT2D eigenvalue weighted by atomic mass is 10.8. The molecule has 2 heterocycles. The van der Waals surface area contributed by atoms with Gasteiger partial charge in [-0.05, 0) is 5.41 Å². The Hall–Kier alpha value is -0.190. The van der Waals surface area contributed by atoms with Gasteiger partial charge in [0.1, 0.15) is 5.50 Å². The van der Waals surface area contributed by atoms with Gasteiger partial charge in [-0.1, -0.05) is 11.8 Å². The van der Waals surface area contributed by atoms with Gasteiger partial charge in [0, 0.05) is 6.20 Å². The summed E-state index contributed by atoms with van der Waals surface area (Å²) in [4.78, 5) is 2.20. The molecule has 4 heteroatoms. The molecule has 0 amide bonds. The first-order valence-electron chi connectivity index (χ1n) is 2.53. The van der Waals surface area contributed by atoms with E-state index in [9.17, 15) is 0 Å². The van der Waals surface area contributed by atoms with E-state index in [0.717, 1.165) is 6.67 Å². The number of nitrogens with one attached hydrogen (secondary N) is 2. The van der Waals surface area contributed by atoms with Crippen molar-refractivity contribution in [1.29, 1.82) is 0 Å². The molecule has 1 unspecified atom stereocenters. The molecule has 2 N–H and O–H groups in total. The van der Waals surface area contributed by atoms with Crippen LogP contribution in [0.25, 0.3) is 0 Å². The number of rotatable bonds is 0. The number of hydrogen-bond acceptors (Lipinski definition) is 4. The number of hydrogen-bond donors (Lipinski definition) is 2. The van der Waals surface area contributed by atoms with Gasteiger partial charge in [-0.3, -0.25) is 0 Å². The van der Waals surface area contributed by atoms with E-state index in [2.05, 4.69) is 27.4 Å². The summed E-state index contributed by atoms with van der Waals surface area (Å²) >= 11 is 1.78. The fourth-order valence-corrected chi connectivity index (χ4v) is 1.65. The van der Waals surface area contributed by atoms with Gasteiger partial charge in [0.15, 0.2) is 0 Å². The number of thioether (sulfide) groups is 1. The van der Waals surface area contributed by atoms with Crippen molar-refractivity contribution in [3.8, 4) is 0 Å². The van der Waals surface area contributed by atoms with Gasteiger partial charge >= 0.3 is 0 Å². The van der Waals surface area contributed by atoms with E-state index in [-0.39, 0.29) is 0 Å². The third-order valence-corrected chi connectivity index (χ3v) is 2.17. The van der Waals surface area contributed by atoms with E-state index < -0.39 is 0 Å². The van der Waals surface area contributed by atoms with Crippen molar-refractivity contribution in [3.05, 3.63) is 11.6 Å². The van der Waals surface area contributed by atoms with Crippen LogP contribution in [-0.4, -0.2) is 17.1 Å². The van der Waals surface area contributed by atoms with Gasteiger partial charge in [-0.2, -0.15) is 0 Å². The summed E-state index contributed by atoms with van der Waals surface area (Å²) in [5.74, 6) is 0. The quantitative estimate of drug-likeness (QED) is 0.476. The minimum absolute atomic E-state index is 0.454. The Labute approximate surface area is 52.1 Å². The molecule has 3 nitrogen and oxygen atoms in total. The average molecular weight is 129 g/mol. The van der Waals surface area contributed by atoms with Crippen LogP contribution in [0.2, 0.25) is 0 Å². The predicted octanol–water partition coefficient (Wildman–Crippen LogP) is -0.145. The normalized spacial score (nSPS) is 34.0. The minimum atomic E-state index is 0.454. The van der Waals surface area contributed by atoms with Gasteiger partial charge in [-0.25, -0.2) is 10.9 Å². The molecular formula is C4H7N3S. The Bertz CT molecular complexity index is 124. The van der Waals surface area contributed by atoms with E-state index in [1.165, 1.54) is 0 Å². The summed E-state index contributed by atoms with van der Waals surface area (Å²) in [6, 6.07) is 0. The highest BCUT2D eigenvalue weighted by Crippen LogP contribution is 2.23. The monoisotopic (exact) mass is 129 g/mol. The number of fused-ring (bicyclic) bond motifs is 1. The molecule has 0 aromatic heterocycles. The molecule has 0 aromatic carbocycles. The van der Waals surface area contributed by atoms with Gasteiger partial charge in [0.25, 0.3) is 0 Å². The molecular weight excluding hydrogens is 122 g/mol. The van der Waals surface area contributed by atoms with E-state index in [1.807, 2.05) is 0 Å². The number of nitrogens with zero attached hydrogens (tertiary/aromatic N) is 1. The Kier molecular flexibility index (Phi) is 0.961. The number of hydrazine groups is 1. The van der Waals surface area contributed by atoms with Crippen LogP contribution in [0.15, 0.2) is 11.6 Å². The first-order chi connectivity index (χ1) is 3.97. The smallest absolute Gasteiger partial charge is 0.145 e. The summed E-state index contributed by atoms with van der Waals surface area (Å²) in [5.41, 5.74) is 6.58. The maximum Gasteiger partial charge on any atom is 0.145 e. The molecule has 44 valence electrons. The molecule has 1 fully saturated rings. The minimum Gasteiger partial charge on any atom is -0.338 e. The third-order valence-electron chi connectivity index (χ3n) is 1.25. The highest BCUT2D eigenvalue weighted by atomic mass is 32.2. The molecule has 2 aliphatic rings. The molecule has 0 bridgehead atoms. The Morgan fingerprint density at radius 3 is 3.62 bits per heavy atom. The van der Waals surface area contributed by atoms with Crippen LogP contribution in [0.1, 0.15) is 0 Å².